The Balaban J connectivity index is 1.49. The van der Waals surface area contributed by atoms with E-state index in [-0.39, 0.29) is 11.5 Å². The van der Waals surface area contributed by atoms with Crippen molar-refractivity contribution in [3.05, 3.63) is 151 Å². The number of nitrogens with one attached hydrogen (secondary N) is 1. The van der Waals surface area contributed by atoms with Gasteiger partial charge in [-0.25, -0.2) is 0 Å². The summed E-state index contributed by atoms with van der Waals surface area (Å²) in [5.41, 5.74) is 3.24. The lowest BCUT2D eigenvalue weighted by Crippen LogP contribution is -2.30. The minimum absolute atomic E-state index is 0.0172. The molecule has 244 valence electrons. The van der Waals surface area contributed by atoms with Gasteiger partial charge in [0, 0.05) is 16.3 Å². The monoisotopic (exact) mass is 659 g/mol. The summed E-state index contributed by atoms with van der Waals surface area (Å²) in [6, 6.07) is 52.0. The van der Waals surface area contributed by atoms with E-state index < -0.39 is 7.92 Å². The predicted molar refractivity (Wildman–Crippen MR) is 209 cm³/mol. The highest BCUT2D eigenvalue weighted by Gasteiger charge is 2.33. The Morgan fingerprint density at radius 2 is 1.22 bits per heavy atom. The molecule has 1 heterocycles. The quantitative estimate of drug-likeness (QED) is 0.140. The second-order valence-electron chi connectivity index (χ2n) is 12.8. The average molecular weight is 660 g/mol. The molecule has 5 heteroatoms. The molecule has 0 aliphatic rings. The van der Waals surface area contributed by atoms with E-state index in [2.05, 4.69) is 166 Å². The zero-order valence-corrected chi connectivity index (χ0v) is 29.5. The van der Waals surface area contributed by atoms with Crippen LogP contribution in [0.15, 0.2) is 146 Å². The summed E-state index contributed by atoms with van der Waals surface area (Å²) in [6.45, 7) is 6.93. The van der Waals surface area contributed by atoms with E-state index in [0.717, 1.165) is 57.2 Å². The van der Waals surface area contributed by atoms with Gasteiger partial charge in [0.1, 0.15) is 11.4 Å². The van der Waals surface area contributed by atoms with Crippen molar-refractivity contribution >= 4 is 51.2 Å². The highest BCUT2D eigenvalue weighted by Crippen LogP contribution is 2.45. The molecule has 0 fully saturated rings. The summed E-state index contributed by atoms with van der Waals surface area (Å²) in [4.78, 5) is 0. The normalized spacial score (nSPS) is 12.3. The molecule has 0 radical (unpaired) electrons. The van der Waals surface area contributed by atoms with Gasteiger partial charge in [0.15, 0.2) is 5.82 Å². The summed E-state index contributed by atoms with van der Waals surface area (Å²) >= 11 is 0. The lowest BCUT2D eigenvalue weighted by atomic mass is 9.74. The Morgan fingerprint density at radius 3 is 1.84 bits per heavy atom. The van der Waals surface area contributed by atoms with Crippen molar-refractivity contribution in [2.75, 3.05) is 12.4 Å². The molecule has 7 rings (SSSR count). The number of anilines is 1. The number of ether oxygens (including phenoxy) is 1. The molecule has 4 nitrogen and oxygen atoms in total. The first-order valence-corrected chi connectivity index (χ1v) is 18.5. The summed E-state index contributed by atoms with van der Waals surface area (Å²) < 4.78 is 5.79. The SMILES string of the molecule is CCC(C)(CC)[C@H](Nc1nnc(-c2c(P(c3ccccc3)c3ccccc3)ccc3ccc(OC)cc23)c2ccccc12)c1ccccc1. The van der Waals surface area contributed by atoms with Crippen LogP contribution >= 0.6 is 7.92 Å². The molecule has 0 saturated heterocycles. The fraction of sp³-hybridized carbons (Fsp3) is 0.182. The van der Waals surface area contributed by atoms with Crippen molar-refractivity contribution in [1.82, 2.24) is 10.2 Å². The number of fused-ring (bicyclic) bond motifs is 2. The molecule has 49 heavy (non-hydrogen) atoms. The number of nitrogens with zero attached hydrogens (tertiary/aromatic N) is 2. The molecule has 0 amide bonds. The van der Waals surface area contributed by atoms with Gasteiger partial charge in [-0.1, -0.05) is 154 Å². The van der Waals surface area contributed by atoms with Gasteiger partial charge in [0.2, 0.25) is 0 Å². The Kier molecular flexibility index (Phi) is 9.42. The number of hydrogen-bond acceptors (Lipinski definition) is 4. The summed E-state index contributed by atoms with van der Waals surface area (Å²) in [6.07, 6.45) is 2.06. The summed E-state index contributed by atoms with van der Waals surface area (Å²) in [5.74, 6) is 1.61. The van der Waals surface area contributed by atoms with E-state index in [1.807, 2.05) is 6.07 Å². The number of methoxy groups -OCH3 is 1. The van der Waals surface area contributed by atoms with Crippen LogP contribution in [-0.2, 0) is 0 Å². The van der Waals surface area contributed by atoms with Gasteiger partial charge >= 0.3 is 0 Å². The van der Waals surface area contributed by atoms with Crippen molar-refractivity contribution in [2.24, 2.45) is 5.41 Å². The van der Waals surface area contributed by atoms with Crippen LogP contribution in [0.25, 0.3) is 32.8 Å². The summed E-state index contributed by atoms with van der Waals surface area (Å²) in [7, 11) is 0.798. The molecule has 0 spiro atoms. The van der Waals surface area contributed by atoms with Crippen LogP contribution < -0.4 is 26.0 Å². The topological polar surface area (TPSA) is 47.0 Å². The minimum atomic E-state index is -0.929. The number of hydrogen-bond donors (Lipinski definition) is 1. The van der Waals surface area contributed by atoms with Gasteiger partial charge in [-0.05, 0) is 70.6 Å². The minimum Gasteiger partial charge on any atom is -0.497 e. The van der Waals surface area contributed by atoms with Gasteiger partial charge in [-0.2, -0.15) is 0 Å². The van der Waals surface area contributed by atoms with Crippen LogP contribution in [0.3, 0.4) is 0 Å². The molecule has 0 aliphatic carbocycles. The summed E-state index contributed by atoms with van der Waals surface area (Å²) in [5, 5.41) is 22.3. The van der Waals surface area contributed by atoms with E-state index in [4.69, 9.17) is 14.9 Å². The maximum absolute atomic E-state index is 5.79. The molecular weight excluding hydrogens is 617 g/mol. The average Bonchev–Trinajstić information content (AvgIpc) is 3.17. The maximum atomic E-state index is 5.79. The van der Waals surface area contributed by atoms with Crippen LogP contribution in [0.1, 0.15) is 45.2 Å². The van der Waals surface area contributed by atoms with Crippen molar-refractivity contribution in [2.45, 2.75) is 39.7 Å². The Morgan fingerprint density at radius 1 is 0.653 bits per heavy atom. The van der Waals surface area contributed by atoms with Crippen LogP contribution in [0.2, 0.25) is 0 Å². The van der Waals surface area contributed by atoms with Gasteiger partial charge < -0.3 is 10.1 Å². The molecule has 0 bridgehead atoms. The van der Waals surface area contributed by atoms with E-state index >= 15 is 0 Å². The Hall–Kier alpha value is -5.05. The van der Waals surface area contributed by atoms with Gasteiger partial charge in [0.05, 0.1) is 13.2 Å². The fourth-order valence-electron chi connectivity index (χ4n) is 6.93. The second-order valence-corrected chi connectivity index (χ2v) is 15.0. The van der Waals surface area contributed by atoms with Crippen LogP contribution in [0.4, 0.5) is 5.82 Å². The number of aromatic nitrogens is 2. The lowest BCUT2D eigenvalue weighted by Gasteiger charge is -2.37. The standard InChI is InChI=1S/C44H42N3OP/c1-5-44(3,6-2)42(32-18-10-7-11-19-32)45-43-37-25-17-16-24-36(37)41(46-47-43)40-38-30-33(48-4)28-26-31(38)27-29-39(40)49(34-20-12-8-13-21-34)35-22-14-9-15-23-35/h7-30,42H,5-6H2,1-4H3,(H,45,47)/t42-/m1/s1. The number of benzene rings is 6. The molecule has 0 unspecified atom stereocenters. The molecular formula is C44H42N3OP. The van der Waals surface area contributed by atoms with Gasteiger partial charge in [-0.15, -0.1) is 10.2 Å². The third-order valence-corrected chi connectivity index (χ3v) is 12.6. The van der Waals surface area contributed by atoms with Gasteiger partial charge in [0.25, 0.3) is 0 Å². The molecule has 6 aromatic carbocycles. The van der Waals surface area contributed by atoms with Crippen LogP contribution in [0.5, 0.6) is 5.75 Å². The molecule has 7 aromatic rings. The fourth-order valence-corrected chi connectivity index (χ4v) is 9.39. The highest BCUT2D eigenvalue weighted by molar-refractivity contribution is 7.80. The second kappa shape index (κ2) is 14.2. The molecule has 1 aromatic heterocycles. The van der Waals surface area contributed by atoms with Gasteiger partial charge in [-0.3, -0.25) is 0 Å². The zero-order chi connectivity index (χ0) is 33.8. The highest BCUT2D eigenvalue weighted by atomic mass is 31.1. The van der Waals surface area contributed by atoms with Crippen LogP contribution in [0, 0.1) is 5.41 Å². The van der Waals surface area contributed by atoms with E-state index in [1.54, 1.807) is 7.11 Å². The van der Waals surface area contributed by atoms with Crippen molar-refractivity contribution in [1.29, 1.82) is 0 Å². The Labute approximate surface area is 291 Å². The first-order chi connectivity index (χ1) is 24.0. The van der Waals surface area contributed by atoms with Crippen molar-refractivity contribution < 1.29 is 4.74 Å². The van der Waals surface area contributed by atoms with E-state index in [1.165, 1.54) is 21.5 Å². The van der Waals surface area contributed by atoms with E-state index in [9.17, 15) is 0 Å². The first-order valence-electron chi connectivity index (χ1n) is 17.1. The third kappa shape index (κ3) is 6.30. The lowest BCUT2D eigenvalue weighted by molar-refractivity contribution is 0.249. The number of rotatable bonds is 11. The third-order valence-electron chi connectivity index (χ3n) is 10.1. The largest absolute Gasteiger partial charge is 0.497 e. The van der Waals surface area contributed by atoms with Crippen molar-refractivity contribution in [3.63, 3.8) is 0 Å². The predicted octanol–water partition coefficient (Wildman–Crippen LogP) is 10.2. The Bertz CT molecular complexity index is 2140. The smallest absolute Gasteiger partial charge is 0.157 e. The molecule has 1 N–H and O–H groups in total. The molecule has 0 saturated carbocycles. The van der Waals surface area contributed by atoms with E-state index in [0.29, 0.717) is 0 Å². The first kappa shape index (κ1) is 32.5. The van der Waals surface area contributed by atoms with Crippen molar-refractivity contribution in [3.8, 4) is 17.0 Å². The zero-order valence-electron chi connectivity index (χ0n) is 28.6. The maximum Gasteiger partial charge on any atom is 0.157 e. The molecule has 1 atom stereocenters. The van der Waals surface area contributed by atoms with Crippen LogP contribution in [-0.4, -0.2) is 17.3 Å². The molecule has 0 aliphatic heterocycles.